The summed E-state index contributed by atoms with van der Waals surface area (Å²) in [4.78, 5) is 34.1. The highest BCUT2D eigenvalue weighted by Crippen LogP contribution is 1.97. The molecule has 1 heterocycles. The van der Waals surface area contributed by atoms with Crippen LogP contribution < -0.4 is 16.2 Å². The maximum Gasteiger partial charge on any atom is 0.264 e. The monoisotopic (exact) mass is 274 g/mol. The molecule has 104 valence electrons. The zero-order valence-corrected chi connectivity index (χ0v) is 10.6. The average Bonchev–Trinajstić information content (AvgIpc) is 2.89. The number of nitrogens with one attached hydrogen (secondary N) is 4. The lowest BCUT2D eigenvalue weighted by Crippen LogP contribution is -2.36. The molecular formula is C13H14N4O3. The van der Waals surface area contributed by atoms with Crippen LogP contribution in [0.3, 0.4) is 0 Å². The number of H-pyrrole nitrogens is 2. The SMILES string of the molecule is O=C(CNC(=O)c1ccccc1)NCc1cc(=O)[nH][nH]1. The van der Waals surface area contributed by atoms with E-state index in [1.165, 1.54) is 6.07 Å². The maximum absolute atomic E-state index is 11.7. The molecule has 0 saturated heterocycles. The van der Waals surface area contributed by atoms with Gasteiger partial charge in [-0.2, -0.15) is 0 Å². The number of aromatic nitrogens is 2. The topological polar surface area (TPSA) is 107 Å². The highest BCUT2D eigenvalue weighted by atomic mass is 16.2. The van der Waals surface area contributed by atoms with Crippen LogP contribution in [0.5, 0.6) is 0 Å². The summed E-state index contributed by atoms with van der Waals surface area (Å²) >= 11 is 0. The minimum absolute atomic E-state index is 0.123. The van der Waals surface area contributed by atoms with Crippen molar-refractivity contribution in [2.45, 2.75) is 6.54 Å². The van der Waals surface area contributed by atoms with Gasteiger partial charge in [-0.1, -0.05) is 18.2 Å². The van der Waals surface area contributed by atoms with Crippen LogP contribution in [-0.2, 0) is 11.3 Å². The Morgan fingerprint density at radius 1 is 1.05 bits per heavy atom. The van der Waals surface area contributed by atoms with Gasteiger partial charge >= 0.3 is 0 Å². The van der Waals surface area contributed by atoms with Crippen LogP contribution in [0.25, 0.3) is 0 Å². The molecule has 0 aliphatic heterocycles. The summed E-state index contributed by atoms with van der Waals surface area (Å²) in [5.41, 5.74) is 0.805. The van der Waals surface area contributed by atoms with Crippen molar-refractivity contribution in [3.63, 3.8) is 0 Å². The van der Waals surface area contributed by atoms with Crippen molar-refractivity contribution in [3.05, 3.63) is 58.0 Å². The summed E-state index contributed by atoms with van der Waals surface area (Å²) in [6, 6.07) is 9.98. The van der Waals surface area contributed by atoms with E-state index in [-0.39, 0.29) is 30.5 Å². The molecule has 7 nitrogen and oxygen atoms in total. The van der Waals surface area contributed by atoms with E-state index in [4.69, 9.17) is 0 Å². The summed E-state index contributed by atoms with van der Waals surface area (Å²) in [5, 5.41) is 10.1. The van der Waals surface area contributed by atoms with Crippen LogP contribution >= 0.6 is 0 Å². The van der Waals surface area contributed by atoms with Crippen LogP contribution in [0.1, 0.15) is 16.1 Å². The second-order valence-corrected chi connectivity index (χ2v) is 4.11. The number of benzene rings is 1. The smallest absolute Gasteiger partial charge is 0.264 e. The number of carbonyl (C=O) groups is 2. The number of rotatable bonds is 5. The van der Waals surface area contributed by atoms with Crippen molar-refractivity contribution in [2.75, 3.05) is 6.54 Å². The fraction of sp³-hybridized carbons (Fsp3) is 0.154. The zero-order valence-electron chi connectivity index (χ0n) is 10.6. The molecule has 4 N–H and O–H groups in total. The van der Waals surface area contributed by atoms with Crippen molar-refractivity contribution in [1.82, 2.24) is 20.8 Å². The first-order valence-corrected chi connectivity index (χ1v) is 6.01. The van der Waals surface area contributed by atoms with Gasteiger partial charge in [-0.25, -0.2) is 0 Å². The lowest BCUT2D eigenvalue weighted by Gasteiger charge is -2.06. The molecule has 0 spiro atoms. The lowest BCUT2D eigenvalue weighted by atomic mass is 10.2. The Morgan fingerprint density at radius 2 is 1.80 bits per heavy atom. The average molecular weight is 274 g/mol. The molecule has 0 aliphatic rings. The number of amides is 2. The molecule has 7 heteroatoms. The molecule has 1 aromatic heterocycles. The molecule has 2 aromatic rings. The van der Waals surface area contributed by atoms with Gasteiger partial charge in [0, 0.05) is 11.6 Å². The van der Waals surface area contributed by atoms with Gasteiger partial charge in [-0.3, -0.25) is 19.5 Å². The van der Waals surface area contributed by atoms with Crippen molar-refractivity contribution >= 4 is 11.8 Å². The van der Waals surface area contributed by atoms with Gasteiger partial charge in [0.2, 0.25) is 5.91 Å². The second kappa shape index (κ2) is 6.37. The van der Waals surface area contributed by atoms with Gasteiger partial charge in [-0.05, 0) is 12.1 Å². The largest absolute Gasteiger partial charge is 0.349 e. The summed E-state index contributed by atoms with van der Waals surface area (Å²) in [7, 11) is 0. The lowest BCUT2D eigenvalue weighted by molar-refractivity contribution is -0.120. The third kappa shape index (κ3) is 3.84. The van der Waals surface area contributed by atoms with Crippen LogP contribution in [0.15, 0.2) is 41.2 Å². The first-order valence-electron chi connectivity index (χ1n) is 6.01. The zero-order chi connectivity index (χ0) is 14.4. The Hall–Kier alpha value is -2.83. The molecule has 0 unspecified atom stereocenters. The van der Waals surface area contributed by atoms with E-state index in [0.717, 1.165) is 0 Å². The highest BCUT2D eigenvalue weighted by Gasteiger charge is 2.07. The van der Waals surface area contributed by atoms with E-state index < -0.39 is 0 Å². The predicted octanol–water partition coefficient (Wildman–Crippen LogP) is -0.251. The third-order valence-corrected chi connectivity index (χ3v) is 2.57. The van der Waals surface area contributed by atoms with Gasteiger partial charge in [0.1, 0.15) is 0 Å². The number of hydrogen-bond donors (Lipinski definition) is 4. The number of aromatic amines is 2. The fourth-order valence-corrected chi connectivity index (χ4v) is 1.58. The van der Waals surface area contributed by atoms with Gasteiger partial charge in [0.15, 0.2) is 0 Å². The molecule has 0 bridgehead atoms. The Kier molecular flexibility index (Phi) is 4.33. The van der Waals surface area contributed by atoms with Crippen LogP contribution in [0.4, 0.5) is 0 Å². The molecule has 0 fully saturated rings. The molecular weight excluding hydrogens is 260 g/mol. The first-order chi connectivity index (χ1) is 9.65. The summed E-state index contributed by atoms with van der Waals surface area (Å²) in [6.45, 7) is 0.0706. The van der Waals surface area contributed by atoms with Gasteiger partial charge in [0.05, 0.1) is 18.8 Å². The molecule has 0 radical (unpaired) electrons. The van der Waals surface area contributed by atoms with Gasteiger partial charge < -0.3 is 15.7 Å². The predicted molar refractivity (Wildman–Crippen MR) is 72.0 cm³/mol. The fourth-order valence-electron chi connectivity index (χ4n) is 1.58. The first kappa shape index (κ1) is 13.6. The van der Waals surface area contributed by atoms with E-state index in [9.17, 15) is 14.4 Å². The molecule has 2 amide bonds. The van der Waals surface area contributed by atoms with E-state index in [0.29, 0.717) is 11.3 Å². The Bertz CT molecular complexity index is 645. The molecule has 0 atom stereocenters. The number of carbonyl (C=O) groups excluding carboxylic acids is 2. The van der Waals surface area contributed by atoms with Crippen molar-refractivity contribution in [2.24, 2.45) is 0 Å². The molecule has 1 aromatic carbocycles. The molecule has 2 rings (SSSR count). The number of hydrogen-bond acceptors (Lipinski definition) is 3. The quantitative estimate of drug-likeness (QED) is 0.604. The standard InChI is InChI=1S/C13H14N4O3/c18-11-6-10(16-17-11)7-14-12(19)8-15-13(20)9-4-2-1-3-5-9/h1-6H,7-8H2,(H,14,19)(H,15,20)(H2,16,17,18). The maximum atomic E-state index is 11.7. The van der Waals surface area contributed by atoms with Crippen molar-refractivity contribution in [3.8, 4) is 0 Å². The summed E-state index contributed by atoms with van der Waals surface area (Å²) < 4.78 is 0. The molecule has 20 heavy (non-hydrogen) atoms. The summed E-state index contributed by atoms with van der Waals surface area (Å²) in [5.74, 6) is -0.646. The van der Waals surface area contributed by atoms with E-state index in [1.54, 1.807) is 30.3 Å². The van der Waals surface area contributed by atoms with E-state index >= 15 is 0 Å². The Labute approximate surface area is 114 Å². The van der Waals surface area contributed by atoms with Crippen molar-refractivity contribution in [1.29, 1.82) is 0 Å². The van der Waals surface area contributed by atoms with Gasteiger partial charge in [0.25, 0.3) is 11.5 Å². The Morgan fingerprint density at radius 3 is 2.45 bits per heavy atom. The van der Waals surface area contributed by atoms with E-state index in [2.05, 4.69) is 20.8 Å². The van der Waals surface area contributed by atoms with Crippen molar-refractivity contribution < 1.29 is 9.59 Å². The minimum atomic E-state index is -0.337. The molecule has 0 aliphatic carbocycles. The van der Waals surface area contributed by atoms with E-state index in [1.807, 2.05) is 0 Å². The van der Waals surface area contributed by atoms with Gasteiger partial charge in [-0.15, -0.1) is 0 Å². The van der Waals surface area contributed by atoms with Crippen LogP contribution in [0, 0.1) is 0 Å². The second-order valence-electron chi connectivity index (χ2n) is 4.11. The molecule has 0 saturated carbocycles. The summed E-state index contributed by atoms with van der Waals surface area (Å²) in [6.07, 6.45) is 0. The Balaban J connectivity index is 1.75. The van der Waals surface area contributed by atoms with Crippen LogP contribution in [-0.4, -0.2) is 28.6 Å². The minimum Gasteiger partial charge on any atom is -0.349 e. The highest BCUT2D eigenvalue weighted by molar-refractivity contribution is 5.96. The third-order valence-electron chi connectivity index (χ3n) is 2.57. The van der Waals surface area contributed by atoms with Crippen LogP contribution in [0.2, 0.25) is 0 Å². The normalized spacial score (nSPS) is 10.0.